The van der Waals surface area contributed by atoms with Crippen molar-refractivity contribution in [2.24, 2.45) is 0 Å². The molecular weight excluding hydrogens is 460 g/mol. The van der Waals surface area contributed by atoms with Crippen molar-refractivity contribution >= 4 is 18.4 Å². The Kier molecular flexibility index (Phi) is 21.8. The molecule has 0 aromatic rings. The molecule has 0 aliphatic carbocycles. The van der Waals surface area contributed by atoms with E-state index in [1.807, 2.05) is 0 Å². The van der Waals surface area contributed by atoms with E-state index in [4.69, 9.17) is 66.4 Å². The van der Waals surface area contributed by atoms with E-state index >= 15 is 0 Å². The smallest absolute Gasteiger partial charge is 0.189 e. The zero-order valence-corrected chi connectivity index (χ0v) is 17.6. The van der Waals surface area contributed by atoms with E-state index in [1.54, 1.807) is 0 Å². The van der Waals surface area contributed by atoms with Gasteiger partial charge in [0.05, 0.1) is 19.3 Å². The van der Waals surface area contributed by atoms with Crippen LogP contribution in [-0.4, -0.2) is 166 Å². The van der Waals surface area contributed by atoms with Crippen molar-refractivity contribution in [3.8, 4) is 0 Å². The number of aldehydes is 2. The van der Waals surface area contributed by atoms with Crippen molar-refractivity contribution in [1.29, 1.82) is 0 Å². The molecule has 33 heavy (non-hydrogen) atoms. The Bertz CT molecular complexity index is 517. The summed E-state index contributed by atoms with van der Waals surface area (Å²) in [5, 5.41) is 112. The van der Waals surface area contributed by atoms with Crippen LogP contribution in [0.15, 0.2) is 0 Å². The van der Waals surface area contributed by atoms with Crippen molar-refractivity contribution in [1.82, 2.24) is 0 Å². The first-order valence-corrected chi connectivity index (χ1v) is 9.24. The lowest BCUT2D eigenvalue weighted by Crippen LogP contribution is -2.44. The molecule has 0 aromatic carbocycles. The fourth-order valence-corrected chi connectivity index (χ4v) is 1.59. The van der Waals surface area contributed by atoms with Gasteiger partial charge < -0.3 is 76.0 Å². The first-order chi connectivity index (χ1) is 15.2. The van der Waals surface area contributed by atoms with Crippen molar-refractivity contribution in [2.75, 3.05) is 19.8 Å². The molecule has 0 aromatic heterocycles. The van der Waals surface area contributed by atoms with Gasteiger partial charge in [-0.3, -0.25) is 4.79 Å². The van der Waals surface area contributed by atoms with Gasteiger partial charge in [0, 0.05) is 0 Å². The zero-order valence-electron chi connectivity index (χ0n) is 17.6. The summed E-state index contributed by atoms with van der Waals surface area (Å²) in [4.78, 5) is 30.2. The van der Waals surface area contributed by atoms with Crippen LogP contribution in [0.5, 0.6) is 0 Å². The van der Waals surface area contributed by atoms with E-state index < -0.39 is 86.6 Å². The van der Waals surface area contributed by atoms with Gasteiger partial charge in [-0.05, 0) is 6.92 Å². The molecule has 10 atom stereocenters. The Balaban J connectivity index is -0.000000411. The summed E-state index contributed by atoms with van der Waals surface area (Å²) in [6, 6.07) is 0. The minimum Gasteiger partial charge on any atom is -0.394 e. The minimum absolute atomic E-state index is 0.0869. The van der Waals surface area contributed by atoms with Crippen LogP contribution < -0.4 is 0 Å². The fourth-order valence-electron chi connectivity index (χ4n) is 1.59. The van der Waals surface area contributed by atoms with E-state index in [9.17, 15) is 14.4 Å². The normalized spacial score (nSPS) is 19.9. The molecule has 16 heteroatoms. The summed E-state index contributed by atoms with van der Waals surface area (Å²) in [6.45, 7) is -1.13. The van der Waals surface area contributed by atoms with Crippen LogP contribution in [0.4, 0.5) is 0 Å². The molecule has 0 saturated heterocycles. The van der Waals surface area contributed by atoms with Gasteiger partial charge in [0.2, 0.25) is 0 Å². The van der Waals surface area contributed by atoms with Crippen LogP contribution in [0, 0.1) is 0 Å². The highest BCUT2D eigenvalue weighted by atomic mass is 16.4. The average Bonchev–Trinajstić information content (AvgIpc) is 2.84. The maximum atomic E-state index is 10.5. The van der Waals surface area contributed by atoms with Crippen LogP contribution in [0.1, 0.15) is 6.92 Å². The SMILES string of the molecule is C[C@H](O)[C@H](O)[C@@H](O)[C@@H](O)C=O.O=C(CO)[C@@H](O)[C@H](O)[C@H](O)CO.O=C[C@H](O)[C@@H](O)[C@@H](O)CO. The number of carbonyl (C=O) groups is 3. The number of rotatable bonds is 13. The molecule has 0 aliphatic heterocycles. The van der Waals surface area contributed by atoms with Crippen LogP contribution in [0.25, 0.3) is 0 Å². The van der Waals surface area contributed by atoms with E-state index in [0.717, 1.165) is 0 Å². The molecule has 0 fully saturated rings. The topological polar surface area (TPSA) is 314 Å². The molecule has 0 amide bonds. The molecule has 0 radical (unpaired) electrons. The van der Waals surface area contributed by atoms with Gasteiger partial charge in [0.25, 0.3) is 0 Å². The van der Waals surface area contributed by atoms with E-state index in [0.29, 0.717) is 0 Å². The fraction of sp³-hybridized carbons (Fsp3) is 0.824. The third-order valence-corrected chi connectivity index (χ3v) is 3.79. The number of Topliss-reactive ketones (excluding diaryl/α,β-unsaturated/α-hetero) is 1. The second-order valence-electron chi connectivity index (χ2n) is 6.53. The Morgan fingerprint density at radius 1 is 0.636 bits per heavy atom. The lowest BCUT2D eigenvalue weighted by molar-refractivity contribution is -0.142. The zero-order chi connectivity index (χ0) is 26.9. The molecule has 0 bridgehead atoms. The van der Waals surface area contributed by atoms with Crippen molar-refractivity contribution in [2.45, 2.75) is 68.0 Å². The van der Waals surface area contributed by atoms with Crippen molar-refractivity contribution < 1.29 is 80.8 Å². The molecule has 0 heterocycles. The number of hydrogen-bond donors (Lipinski definition) is 13. The van der Waals surface area contributed by atoms with Gasteiger partial charge in [0.15, 0.2) is 18.4 Å². The van der Waals surface area contributed by atoms with Gasteiger partial charge in [-0.1, -0.05) is 0 Å². The molecular formula is C17H34O16. The lowest BCUT2D eigenvalue weighted by Gasteiger charge is -2.21. The molecule has 0 spiro atoms. The highest BCUT2D eigenvalue weighted by Crippen LogP contribution is 2.02. The summed E-state index contributed by atoms with van der Waals surface area (Å²) >= 11 is 0. The van der Waals surface area contributed by atoms with Crippen LogP contribution in [0.3, 0.4) is 0 Å². The summed E-state index contributed by atoms with van der Waals surface area (Å²) in [6.07, 6.45) is -15.7. The predicted octanol–water partition coefficient (Wildman–Crippen LogP) is -8.47. The van der Waals surface area contributed by atoms with Gasteiger partial charge in [-0.25, -0.2) is 0 Å². The summed E-state index contributed by atoms with van der Waals surface area (Å²) in [7, 11) is 0. The third-order valence-electron chi connectivity index (χ3n) is 3.79. The number of hydrogen-bond acceptors (Lipinski definition) is 16. The monoisotopic (exact) mass is 494 g/mol. The standard InChI is InChI=1S/C6H12O6.C6H12O5.C5H10O5/c7-1-3(9)5(11)6(12)4(10)2-8;1-3(8)5(10)6(11)4(9)2-7;6-1-3(8)5(10)4(9)2-7/h3,5-9,11-12H,1-2H2;2-6,8-11H,1H3;1,3-5,7-10H,2H2/t3-,5-,6-;3-,4-,5-,6-;3-,4-,5+/m100/s1. The molecule has 13 N–H and O–H groups in total. The van der Waals surface area contributed by atoms with Crippen LogP contribution in [0.2, 0.25) is 0 Å². The number of aliphatic hydroxyl groups is 13. The Hall–Kier alpha value is -1.51. The summed E-state index contributed by atoms with van der Waals surface area (Å²) < 4.78 is 0. The molecule has 0 unspecified atom stereocenters. The van der Waals surface area contributed by atoms with Gasteiger partial charge in [-0.2, -0.15) is 0 Å². The first kappa shape index (κ1) is 36.1. The molecule has 0 aliphatic rings. The van der Waals surface area contributed by atoms with Gasteiger partial charge in [-0.15, -0.1) is 0 Å². The largest absolute Gasteiger partial charge is 0.394 e. The average molecular weight is 494 g/mol. The van der Waals surface area contributed by atoms with E-state index in [1.165, 1.54) is 6.92 Å². The maximum absolute atomic E-state index is 10.5. The molecule has 0 rings (SSSR count). The molecule has 0 saturated carbocycles. The van der Waals surface area contributed by atoms with Crippen LogP contribution in [-0.2, 0) is 14.4 Å². The Morgan fingerprint density at radius 3 is 1.30 bits per heavy atom. The first-order valence-electron chi connectivity index (χ1n) is 9.24. The molecule has 16 nitrogen and oxygen atoms in total. The Labute approximate surface area is 187 Å². The second kappa shape index (κ2) is 19.9. The number of ketones is 1. The second-order valence-corrected chi connectivity index (χ2v) is 6.53. The van der Waals surface area contributed by atoms with Gasteiger partial charge >= 0.3 is 0 Å². The predicted molar refractivity (Wildman–Crippen MR) is 104 cm³/mol. The van der Waals surface area contributed by atoms with Crippen molar-refractivity contribution in [3.05, 3.63) is 0 Å². The lowest BCUT2D eigenvalue weighted by atomic mass is 10.1. The quantitative estimate of drug-likeness (QED) is 0.106. The summed E-state index contributed by atoms with van der Waals surface area (Å²) in [5.41, 5.74) is 0. The maximum Gasteiger partial charge on any atom is 0.189 e. The molecule has 198 valence electrons. The highest BCUT2D eigenvalue weighted by molar-refractivity contribution is 5.84. The van der Waals surface area contributed by atoms with E-state index in [2.05, 4.69) is 0 Å². The Morgan fingerprint density at radius 2 is 1.00 bits per heavy atom. The van der Waals surface area contributed by atoms with Gasteiger partial charge in [0.1, 0.15) is 61.5 Å². The van der Waals surface area contributed by atoms with Crippen molar-refractivity contribution in [3.63, 3.8) is 0 Å². The minimum atomic E-state index is -1.86. The van der Waals surface area contributed by atoms with E-state index in [-0.39, 0.29) is 12.6 Å². The highest BCUT2D eigenvalue weighted by Gasteiger charge is 2.29. The van der Waals surface area contributed by atoms with Crippen LogP contribution >= 0.6 is 0 Å². The number of aliphatic hydroxyl groups excluding tert-OH is 13. The summed E-state index contributed by atoms with van der Waals surface area (Å²) in [5.74, 6) is -1.00. The number of carbonyl (C=O) groups excluding carboxylic acids is 3. The third kappa shape index (κ3) is 15.1.